The summed E-state index contributed by atoms with van der Waals surface area (Å²) in [6.45, 7) is 1.69. The van der Waals surface area contributed by atoms with Crippen molar-refractivity contribution in [2.75, 3.05) is 20.3 Å². The molecule has 1 atom stereocenters. The van der Waals surface area contributed by atoms with Crippen LogP contribution in [0.1, 0.15) is 0 Å². The molecule has 0 spiro atoms. The third-order valence-electron chi connectivity index (χ3n) is 1.30. The van der Waals surface area contributed by atoms with Gasteiger partial charge >= 0.3 is 0 Å². The highest BCUT2D eigenvalue weighted by Crippen LogP contribution is 1.92. The second kappa shape index (κ2) is 2.24. The van der Waals surface area contributed by atoms with Gasteiger partial charge in [0.25, 0.3) is 0 Å². The Kier molecular flexibility index (Phi) is 1.60. The summed E-state index contributed by atoms with van der Waals surface area (Å²) in [4.78, 5) is 12.1. The van der Waals surface area contributed by atoms with E-state index < -0.39 is 0 Å². The number of aldehydes is 1. The van der Waals surface area contributed by atoms with Gasteiger partial charge in [-0.05, 0) is 7.05 Å². The van der Waals surface area contributed by atoms with E-state index in [2.05, 4.69) is 10.2 Å². The monoisotopic (exact) mass is 114 g/mol. The minimum absolute atomic E-state index is 0.0694. The lowest BCUT2D eigenvalue weighted by molar-refractivity contribution is -0.109. The molecular weight excluding hydrogens is 104 g/mol. The molecule has 1 fully saturated rings. The quantitative estimate of drug-likeness (QED) is 0.446. The number of likely N-dealkylation sites (N-methyl/N-ethyl adjacent to an activating group) is 1. The van der Waals surface area contributed by atoms with Crippen molar-refractivity contribution in [2.45, 2.75) is 6.04 Å². The van der Waals surface area contributed by atoms with E-state index in [9.17, 15) is 4.79 Å². The molecule has 1 N–H and O–H groups in total. The maximum atomic E-state index is 10.1. The van der Waals surface area contributed by atoms with Crippen molar-refractivity contribution < 1.29 is 4.79 Å². The minimum atomic E-state index is 0.0694. The van der Waals surface area contributed by atoms with Gasteiger partial charge < -0.3 is 4.79 Å². The van der Waals surface area contributed by atoms with Crippen LogP contribution < -0.4 is 5.32 Å². The van der Waals surface area contributed by atoms with Crippen LogP contribution in [0, 0.1) is 0 Å². The van der Waals surface area contributed by atoms with Gasteiger partial charge in [-0.25, -0.2) is 0 Å². The summed E-state index contributed by atoms with van der Waals surface area (Å²) < 4.78 is 0. The zero-order valence-electron chi connectivity index (χ0n) is 4.92. The van der Waals surface area contributed by atoms with E-state index in [1.807, 2.05) is 7.05 Å². The van der Waals surface area contributed by atoms with E-state index in [1.165, 1.54) is 0 Å². The molecule has 46 valence electrons. The molecule has 0 radical (unpaired) electrons. The molecule has 3 heteroatoms. The highest BCUT2D eigenvalue weighted by molar-refractivity contribution is 5.58. The summed E-state index contributed by atoms with van der Waals surface area (Å²) >= 11 is 0. The van der Waals surface area contributed by atoms with E-state index in [-0.39, 0.29) is 6.04 Å². The molecule has 1 rings (SSSR count). The van der Waals surface area contributed by atoms with Crippen molar-refractivity contribution in [2.24, 2.45) is 0 Å². The fourth-order valence-electron chi connectivity index (χ4n) is 0.829. The van der Waals surface area contributed by atoms with Crippen LogP contribution in [0.2, 0.25) is 0 Å². The molecule has 8 heavy (non-hydrogen) atoms. The van der Waals surface area contributed by atoms with E-state index in [1.54, 1.807) is 0 Å². The Morgan fingerprint density at radius 2 is 2.62 bits per heavy atom. The van der Waals surface area contributed by atoms with Crippen molar-refractivity contribution in [3.63, 3.8) is 0 Å². The maximum Gasteiger partial charge on any atom is 0.138 e. The van der Waals surface area contributed by atoms with Gasteiger partial charge in [0.2, 0.25) is 0 Å². The Labute approximate surface area is 48.7 Å². The van der Waals surface area contributed by atoms with Crippen LogP contribution in [0.4, 0.5) is 0 Å². The third kappa shape index (κ3) is 1.05. The summed E-state index contributed by atoms with van der Waals surface area (Å²) in [6, 6.07) is 0.0694. The SMILES string of the molecule is CN1CNC(C=O)C1. The number of rotatable bonds is 1. The summed E-state index contributed by atoms with van der Waals surface area (Å²) in [7, 11) is 1.98. The van der Waals surface area contributed by atoms with Gasteiger partial charge in [0.15, 0.2) is 0 Å². The maximum absolute atomic E-state index is 10.1. The molecule has 0 saturated carbocycles. The number of hydrogen-bond donors (Lipinski definition) is 1. The molecule has 1 aliphatic rings. The van der Waals surface area contributed by atoms with Crippen LogP contribution in [0.5, 0.6) is 0 Å². The Morgan fingerprint density at radius 3 is 2.88 bits per heavy atom. The first-order valence-corrected chi connectivity index (χ1v) is 2.70. The second-order valence-corrected chi connectivity index (χ2v) is 2.14. The molecule has 0 aromatic carbocycles. The first-order valence-electron chi connectivity index (χ1n) is 2.70. The fraction of sp³-hybridized carbons (Fsp3) is 0.800. The van der Waals surface area contributed by atoms with Crippen LogP contribution in [-0.4, -0.2) is 37.5 Å². The largest absolute Gasteiger partial charge is 0.302 e. The van der Waals surface area contributed by atoms with Crippen LogP contribution in [0.3, 0.4) is 0 Å². The smallest absolute Gasteiger partial charge is 0.138 e. The molecule has 0 bridgehead atoms. The lowest BCUT2D eigenvalue weighted by atomic mass is 10.4. The molecule has 1 aliphatic heterocycles. The summed E-state index contributed by atoms with van der Waals surface area (Å²) in [5.41, 5.74) is 0. The zero-order chi connectivity index (χ0) is 5.98. The fourth-order valence-corrected chi connectivity index (χ4v) is 0.829. The first-order chi connectivity index (χ1) is 3.83. The van der Waals surface area contributed by atoms with Gasteiger partial charge in [0, 0.05) is 13.2 Å². The van der Waals surface area contributed by atoms with Gasteiger partial charge in [-0.3, -0.25) is 10.2 Å². The minimum Gasteiger partial charge on any atom is -0.302 e. The highest BCUT2D eigenvalue weighted by Gasteiger charge is 2.16. The third-order valence-corrected chi connectivity index (χ3v) is 1.30. The van der Waals surface area contributed by atoms with Crippen LogP contribution >= 0.6 is 0 Å². The second-order valence-electron chi connectivity index (χ2n) is 2.14. The van der Waals surface area contributed by atoms with Crippen molar-refractivity contribution >= 4 is 6.29 Å². The van der Waals surface area contributed by atoms with Crippen molar-refractivity contribution in [1.82, 2.24) is 10.2 Å². The summed E-state index contributed by atoms with van der Waals surface area (Å²) in [6.07, 6.45) is 0.948. The lowest BCUT2D eigenvalue weighted by Crippen LogP contribution is -2.24. The number of hydrogen-bond acceptors (Lipinski definition) is 3. The molecule has 0 aliphatic carbocycles. The number of nitrogens with one attached hydrogen (secondary N) is 1. The van der Waals surface area contributed by atoms with E-state index in [4.69, 9.17) is 0 Å². The van der Waals surface area contributed by atoms with Gasteiger partial charge in [-0.1, -0.05) is 0 Å². The van der Waals surface area contributed by atoms with Crippen LogP contribution in [0.25, 0.3) is 0 Å². The predicted molar refractivity (Wildman–Crippen MR) is 30.5 cm³/mol. The van der Waals surface area contributed by atoms with Gasteiger partial charge in [0.1, 0.15) is 6.29 Å². The Balaban J connectivity index is 2.32. The molecule has 1 heterocycles. The van der Waals surface area contributed by atoms with Gasteiger partial charge in [-0.2, -0.15) is 0 Å². The summed E-state index contributed by atoms with van der Waals surface area (Å²) in [5, 5.41) is 3.01. The average Bonchev–Trinajstić information content (AvgIpc) is 2.14. The van der Waals surface area contributed by atoms with Gasteiger partial charge in [0.05, 0.1) is 6.04 Å². The van der Waals surface area contributed by atoms with Crippen molar-refractivity contribution in [3.05, 3.63) is 0 Å². The summed E-state index contributed by atoms with van der Waals surface area (Å²) in [5.74, 6) is 0. The van der Waals surface area contributed by atoms with E-state index >= 15 is 0 Å². The first kappa shape index (κ1) is 5.72. The lowest BCUT2D eigenvalue weighted by Gasteiger charge is -2.01. The molecule has 0 amide bonds. The number of nitrogens with zero attached hydrogens (tertiary/aromatic N) is 1. The number of carbonyl (C=O) groups excluding carboxylic acids is 1. The average molecular weight is 114 g/mol. The number of carbonyl (C=O) groups is 1. The van der Waals surface area contributed by atoms with E-state index in [0.717, 1.165) is 19.5 Å². The Hall–Kier alpha value is -0.410. The Morgan fingerprint density at radius 1 is 1.88 bits per heavy atom. The highest BCUT2D eigenvalue weighted by atomic mass is 16.1. The molecule has 0 aromatic rings. The van der Waals surface area contributed by atoms with Crippen molar-refractivity contribution in [3.8, 4) is 0 Å². The Bertz CT molecular complexity index is 94.4. The van der Waals surface area contributed by atoms with Crippen LogP contribution in [0.15, 0.2) is 0 Å². The molecule has 1 unspecified atom stereocenters. The molecule has 0 aromatic heterocycles. The standard InChI is InChI=1S/C5H10N2O/c1-7-2-5(3-8)6-4-7/h3,5-6H,2,4H2,1H3. The molecular formula is C5H10N2O. The predicted octanol–water partition coefficient (Wildman–Crippen LogP) is -0.954. The molecule has 1 saturated heterocycles. The van der Waals surface area contributed by atoms with Gasteiger partial charge in [-0.15, -0.1) is 0 Å². The van der Waals surface area contributed by atoms with E-state index in [0.29, 0.717) is 0 Å². The normalized spacial score (nSPS) is 30.9. The van der Waals surface area contributed by atoms with Crippen molar-refractivity contribution in [1.29, 1.82) is 0 Å². The van der Waals surface area contributed by atoms with Crippen LogP contribution in [-0.2, 0) is 4.79 Å². The topological polar surface area (TPSA) is 32.3 Å². The molecule has 3 nitrogen and oxygen atoms in total. The zero-order valence-corrected chi connectivity index (χ0v) is 4.92.